The molecule has 2 amide bonds. The zero-order chi connectivity index (χ0) is 26.7. The predicted molar refractivity (Wildman–Crippen MR) is 139 cm³/mol. The Morgan fingerprint density at radius 1 is 0.722 bits per heavy atom. The normalized spacial score (nSPS) is 13.5. The third kappa shape index (κ3) is 6.73. The molecule has 15 heteroatoms. The van der Waals surface area contributed by atoms with Crippen LogP contribution in [-0.4, -0.2) is 33.7 Å². The molecule has 0 aliphatic heterocycles. The van der Waals surface area contributed by atoms with Gasteiger partial charge in [-0.2, -0.15) is 9.78 Å². The first-order valence-corrected chi connectivity index (χ1v) is 12.1. The highest BCUT2D eigenvalue weighted by atomic mass is 35.6. The van der Waals surface area contributed by atoms with Crippen LogP contribution in [0.25, 0.3) is 0 Å². The predicted octanol–water partition coefficient (Wildman–Crippen LogP) is 4.00. The van der Waals surface area contributed by atoms with Crippen molar-refractivity contribution in [3.8, 4) is 0 Å². The van der Waals surface area contributed by atoms with Crippen molar-refractivity contribution in [3.63, 3.8) is 0 Å². The summed E-state index contributed by atoms with van der Waals surface area (Å²) in [5.41, 5.74) is -1.95. The third-order valence-electron chi connectivity index (χ3n) is 4.66. The standard InChI is InChI=1S/C21H15Cl6N5O4/c22-20(23,24)17(29-15(34)12-7-3-1-4-8-12)31-14(33)11-28-32(19(31)36)18(21(25,26)27)30-16(35)13-9-5-2-6-10-13/h1-11,17-18H,(H,29,34)(H,30,35)/t17-,18+/m0/s1. The first kappa shape index (κ1) is 28.3. The average molecular weight is 614 g/mol. The first-order valence-electron chi connectivity index (χ1n) is 9.86. The van der Waals surface area contributed by atoms with E-state index in [1.807, 2.05) is 0 Å². The van der Waals surface area contributed by atoms with Crippen molar-refractivity contribution in [1.29, 1.82) is 0 Å². The Morgan fingerprint density at radius 3 is 1.56 bits per heavy atom. The summed E-state index contributed by atoms with van der Waals surface area (Å²) < 4.78 is -3.78. The van der Waals surface area contributed by atoms with E-state index in [0.29, 0.717) is 15.4 Å². The lowest BCUT2D eigenvalue weighted by Gasteiger charge is -2.29. The second-order valence-corrected chi connectivity index (χ2v) is 11.9. The fraction of sp³-hybridized carbons (Fsp3) is 0.190. The van der Waals surface area contributed by atoms with Gasteiger partial charge in [-0.3, -0.25) is 14.4 Å². The van der Waals surface area contributed by atoms with Crippen molar-refractivity contribution >= 4 is 81.4 Å². The molecule has 0 radical (unpaired) electrons. The molecule has 0 bridgehead atoms. The molecule has 190 valence electrons. The van der Waals surface area contributed by atoms with Crippen molar-refractivity contribution in [3.05, 3.63) is 98.8 Å². The fourth-order valence-electron chi connectivity index (χ4n) is 3.01. The van der Waals surface area contributed by atoms with Gasteiger partial charge in [0.15, 0.2) is 12.3 Å². The van der Waals surface area contributed by atoms with Gasteiger partial charge in [-0.1, -0.05) is 106 Å². The number of alkyl halides is 6. The average Bonchev–Trinajstić information content (AvgIpc) is 2.82. The number of halogens is 6. The van der Waals surface area contributed by atoms with E-state index in [0.717, 1.165) is 0 Å². The quantitative estimate of drug-likeness (QED) is 0.408. The van der Waals surface area contributed by atoms with E-state index in [9.17, 15) is 19.2 Å². The van der Waals surface area contributed by atoms with E-state index < -0.39 is 43.0 Å². The zero-order valence-corrected chi connectivity index (χ0v) is 22.3. The van der Waals surface area contributed by atoms with Crippen LogP contribution in [0.4, 0.5) is 0 Å². The van der Waals surface area contributed by atoms with Gasteiger partial charge in [0.25, 0.3) is 17.4 Å². The Kier molecular flexibility index (Phi) is 8.97. The topological polar surface area (TPSA) is 115 Å². The number of amides is 2. The summed E-state index contributed by atoms with van der Waals surface area (Å²) in [6.07, 6.45) is -2.85. The Hall–Kier alpha value is -2.27. The van der Waals surface area contributed by atoms with Gasteiger partial charge in [0.2, 0.25) is 7.59 Å². The summed E-state index contributed by atoms with van der Waals surface area (Å²) in [6.45, 7) is 0. The molecule has 3 rings (SSSR count). The lowest BCUT2D eigenvalue weighted by molar-refractivity contribution is 0.0912. The van der Waals surface area contributed by atoms with E-state index in [2.05, 4.69) is 15.7 Å². The smallest absolute Gasteiger partial charge is 0.328 e. The molecule has 0 fully saturated rings. The largest absolute Gasteiger partial charge is 0.351 e. The number of hydrogen-bond donors (Lipinski definition) is 2. The lowest BCUT2D eigenvalue weighted by Crippen LogP contribution is -2.55. The zero-order valence-electron chi connectivity index (χ0n) is 17.7. The molecule has 2 atom stereocenters. The maximum absolute atomic E-state index is 13.4. The summed E-state index contributed by atoms with van der Waals surface area (Å²) in [4.78, 5) is 51.5. The van der Waals surface area contributed by atoms with Gasteiger partial charge in [0.1, 0.15) is 6.20 Å². The summed E-state index contributed by atoms with van der Waals surface area (Å²) in [5.74, 6) is -1.47. The highest BCUT2D eigenvalue weighted by Gasteiger charge is 2.41. The van der Waals surface area contributed by atoms with Crippen molar-refractivity contribution in [1.82, 2.24) is 25.0 Å². The molecule has 0 unspecified atom stereocenters. The van der Waals surface area contributed by atoms with Crippen LogP contribution in [0, 0.1) is 0 Å². The lowest BCUT2D eigenvalue weighted by atomic mass is 10.2. The van der Waals surface area contributed by atoms with Crippen LogP contribution in [0.2, 0.25) is 0 Å². The van der Waals surface area contributed by atoms with E-state index in [1.54, 1.807) is 36.4 Å². The summed E-state index contributed by atoms with van der Waals surface area (Å²) in [5, 5.41) is 8.44. The number of aromatic nitrogens is 3. The molecule has 1 aromatic heterocycles. The summed E-state index contributed by atoms with van der Waals surface area (Å²) in [6, 6.07) is 15.7. The van der Waals surface area contributed by atoms with Gasteiger partial charge >= 0.3 is 5.69 Å². The molecule has 3 aromatic rings. The number of benzene rings is 2. The second-order valence-electron chi connectivity index (χ2n) is 7.15. The Balaban J connectivity index is 2.08. The molecule has 0 aliphatic rings. The van der Waals surface area contributed by atoms with E-state index in [4.69, 9.17) is 69.6 Å². The number of carbonyl (C=O) groups is 2. The van der Waals surface area contributed by atoms with Crippen molar-refractivity contribution in [2.75, 3.05) is 0 Å². The number of nitrogens with one attached hydrogen (secondary N) is 2. The van der Waals surface area contributed by atoms with Gasteiger partial charge in [-0.25, -0.2) is 9.36 Å². The minimum Gasteiger partial charge on any atom is -0.328 e. The molecular weight excluding hydrogens is 599 g/mol. The third-order valence-corrected chi connectivity index (χ3v) is 5.90. The second kappa shape index (κ2) is 11.4. The van der Waals surface area contributed by atoms with E-state index in [1.165, 1.54) is 24.3 Å². The molecule has 0 saturated heterocycles. The maximum atomic E-state index is 13.4. The van der Waals surface area contributed by atoms with Gasteiger partial charge in [0, 0.05) is 11.1 Å². The molecule has 2 N–H and O–H groups in total. The molecule has 9 nitrogen and oxygen atoms in total. The van der Waals surface area contributed by atoms with Gasteiger partial charge in [-0.05, 0) is 24.3 Å². The van der Waals surface area contributed by atoms with Crippen LogP contribution >= 0.6 is 69.6 Å². The number of nitrogens with zero attached hydrogens (tertiary/aromatic N) is 3. The minimum absolute atomic E-state index is 0.161. The molecule has 0 aliphatic carbocycles. The SMILES string of the molecule is O=C(N[C@H](n1ncc(=O)n([C@H](NC(=O)c2ccccc2)C(Cl)(Cl)Cl)c1=O)C(Cl)(Cl)Cl)c1ccccc1. The Bertz CT molecular complexity index is 1350. The molecule has 0 spiro atoms. The maximum Gasteiger partial charge on any atom is 0.351 e. The fourth-order valence-corrected chi connectivity index (χ4v) is 3.91. The van der Waals surface area contributed by atoms with Crippen molar-refractivity contribution in [2.24, 2.45) is 0 Å². The molecule has 2 aromatic carbocycles. The molecule has 1 heterocycles. The monoisotopic (exact) mass is 611 g/mol. The van der Waals surface area contributed by atoms with Gasteiger partial charge in [0.05, 0.1) is 0 Å². The Labute approximate surface area is 233 Å². The minimum atomic E-state index is -2.39. The van der Waals surface area contributed by atoms with Crippen LogP contribution in [0.15, 0.2) is 76.4 Å². The van der Waals surface area contributed by atoms with Gasteiger partial charge < -0.3 is 10.6 Å². The van der Waals surface area contributed by atoms with Crippen molar-refractivity contribution in [2.45, 2.75) is 19.9 Å². The Morgan fingerprint density at radius 2 is 1.14 bits per heavy atom. The van der Waals surface area contributed by atoms with Crippen LogP contribution in [-0.2, 0) is 0 Å². The number of carbonyl (C=O) groups excluding carboxylic acids is 2. The van der Waals surface area contributed by atoms with Gasteiger partial charge in [-0.15, -0.1) is 0 Å². The highest BCUT2D eigenvalue weighted by Crippen LogP contribution is 2.37. The summed E-state index contributed by atoms with van der Waals surface area (Å²) in [7, 11) is 0. The summed E-state index contributed by atoms with van der Waals surface area (Å²) >= 11 is 36.2. The first-order chi connectivity index (χ1) is 16.8. The van der Waals surface area contributed by atoms with Crippen LogP contribution in [0.1, 0.15) is 33.0 Å². The molecule has 36 heavy (non-hydrogen) atoms. The number of rotatable bonds is 6. The molecule has 0 saturated carbocycles. The van der Waals surface area contributed by atoms with E-state index in [-0.39, 0.29) is 11.1 Å². The van der Waals surface area contributed by atoms with Crippen LogP contribution in [0.5, 0.6) is 0 Å². The molecular formula is C21H15Cl6N5O4. The van der Waals surface area contributed by atoms with Crippen LogP contribution < -0.4 is 21.9 Å². The van der Waals surface area contributed by atoms with Crippen molar-refractivity contribution < 1.29 is 9.59 Å². The van der Waals surface area contributed by atoms with Crippen LogP contribution in [0.3, 0.4) is 0 Å². The van der Waals surface area contributed by atoms with E-state index >= 15 is 0 Å². The number of hydrogen-bond acceptors (Lipinski definition) is 5. The highest BCUT2D eigenvalue weighted by molar-refractivity contribution is 6.68.